The van der Waals surface area contributed by atoms with Crippen LogP contribution in [0.2, 0.25) is 5.02 Å². The Kier molecular flexibility index (Phi) is 5.32. The fourth-order valence-corrected chi connectivity index (χ4v) is 2.76. The van der Waals surface area contributed by atoms with Gasteiger partial charge in [-0.15, -0.1) is 0 Å². The van der Waals surface area contributed by atoms with Gasteiger partial charge in [-0.2, -0.15) is 0 Å². The third-order valence-corrected chi connectivity index (χ3v) is 3.96. The Morgan fingerprint density at radius 2 is 1.69 bits per heavy atom. The van der Waals surface area contributed by atoms with E-state index in [2.05, 4.69) is 10.6 Å². The maximum atomic E-state index is 12.5. The predicted octanol–water partition coefficient (Wildman–Crippen LogP) is 3.50. The van der Waals surface area contributed by atoms with Crippen LogP contribution in [0, 0.1) is 0 Å². The highest BCUT2D eigenvalue weighted by molar-refractivity contribution is 6.32. The first kappa shape index (κ1) is 18.1. The van der Waals surface area contributed by atoms with Gasteiger partial charge in [0.15, 0.2) is 11.5 Å². The van der Waals surface area contributed by atoms with Crippen molar-refractivity contribution in [3.8, 4) is 11.5 Å². The molecule has 1 aliphatic rings. The summed E-state index contributed by atoms with van der Waals surface area (Å²) in [6, 6.07) is 9.85. The molecule has 0 unspecified atom stereocenters. The largest absolute Gasteiger partial charge is 0.486 e. The monoisotopic (exact) mass is 374 g/mol. The average molecular weight is 375 g/mol. The molecule has 2 aromatic carbocycles. The number of nitrogens with one attached hydrogen (secondary N) is 2. The molecular weight excluding hydrogens is 356 g/mol. The Morgan fingerprint density at radius 1 is 1.00 bits per heavy atom. The van der Waals surface area contributed by atoms with Crippen LogP contribution in [0.25, 0.3) is 0 Å². The Morgan fingerprint density at radius 3 is 2.38 bits per heavy atom. The zero-order chi connectivity index (χ0) is 18.7. The lowest BCUT2D eigenvalue weighted by molar-refractivity contribution is 0.0942. The van der Waals surface area contributed by atoms with E-state index in [1.54, 1.807) is 30.3 Å². The van der Waals surface area contributed by atoms with Crippen LogP contribution in [0.5, 0.6) is 11.5 Å². The van der Waals surface area contributed by atoms with E-state index in [9.17, 15) is 9.59 Å². The summed E-state index contributed by atoms with van der Waals surface area (Å²) in [5, 5.41) is 5.91. The molecule has 3 rings (SSSR count). The number of carbonyl (C=O) groups excluding carboxylic acids is 2. The number of ether oxygens (including phenoxy) is 2. The number of anilines is 1. The summed E-state index contributed by atoms with van der Waals surface area (Å²) in [6.07, 6.45) is 0. The highest BCUT2D eigenvalue weighted by Gasteiger charge is 2.19. The molecule has 0 bridgehead atoms. The van der Waals surface area contributed by atoms with Crippen LogP contribution in [-0.2, 0) is 0 Å². The molecule has 2 aromatic rings. The molecule has 0 spiro atoms. The number of hydrogen-bond acceptors (Lipinski definition) is 4. The van der Waals surface area contributed by atoms with E-state index in [4.69, 9.17) is 21.1 Å². The van der Waals surface area contributed by atoms with E-state index in [1.165, 1.54) is 6.07 Å². The standard InChI is InChI=1S/C19H19ClN2O4/c1-11(2)21-18(23)12-3-5-14(6-4-12)22-19(24)13-9-15(20)17-16(10-13)25-7-8-26-17/h3-6,9-11H,7-8H2,1-2H3,(H,21,23)(H,22,24). The van der Waals surface area contributed by atoms with Crippen molar-refractivity contribution in [2.24, 2.45) is 0 Å². The number of rotatable bonds is 4. The summed E-state index contributed by atoms with van der Waals surface area (Å²) in [5.41, 5.74) is 1.46. The molecule has 6 nitrogen and oxygen atoms in total. The molecule has 0 aromatic heterocycles. The number of halogens is 1. The van der Waals surface area contributed by atoms with Crippen LogP contribution < -0.4 is 20.1 Å². The zero-order valence-corrected chi connectivity index (χ0v) is 15.2. The first-order valence-electron chi connectivity index (χ1n) is 8.25. The van der Waals surface area contributed by atoms with Crippen molar-refractivity contribution in [2.45, 2.75) is 19.9 Å². The summed E-state index contributed by atoms with van der Waals surface area (Å²) < 4.78 is 10.9. The minimum atomic E-state index is -0.330. The molecule has 2 N–H and O–H groups in total. The van der Waals surface area contributed by atoms with Gasteiger partial charge in [-0.1, -0.05) is 11.6 Å². The molecular formula is C19H19ClN2O4. The maximum Gasteiger partial charge on any atom is 0.255 e. The molecule has 136 valence electrons. The van der Waals surface area contributed by atoms with Gasteiger partial charge in [-0.3, -0.25) is 9.59 Å². The molecule has 0 fully saturated rings. The van der Waals surface area contributed by atoms with Crippen molar-refractivity contribution in [1.82, 2.24) is 5.32 Å². The molecule has 26 heavy (non-hydrogen) atoms. The Balaban J connectivity index is 1.72. The van der Waals surface area contributed by atoms with Crippen molar-refractivity contribution < 1.29 is 19.1 Å². The van der Waals surface area contributed by atoms with Gasteiger partial charge in [0.1, 0.15) is 13.2 Å². The molecule has 0 aliphatic carbocycles. The lowest BCUT2D eigenvalue weighted by atomic mass is 10.1. The fraction of sp³-hybridized carbons (Fsp3) is 0.263. The first-order chi connectivity index (χ1) is 12.4. The molecule has 0 saturated carbocycles. The minimum absolute atomic E-state index is 0.0573. The van der Waals surface area contributed by atoms with Gasteiger partial charge in [0, 0.05) is 22.9 Å². The Bertz CT molecular complexity index is 834. The third-order valence-electron chi connectivity index (χ3n) is 3.68. The normalized spacial score (nSPS) is 12.6. The average Bonchev–Trinajstić information content (AvgIpc) is 2.61. The van der Waals surface area contributed by atoms with E-state index in [-0.39, 0.29) is 17.9 Å². The lowest BCUT2D eigenvalue weighted by Gasteiger charge is -2.20. The van der Waals surface area contributed by atoms with E-state index in [0.29, 0.717) is 46.5 Å². The van der Waals surface area contributed by atoms with Crippen LogP contribution in [0.3, 0.4) is 0 Å². The van der Waals surface area contributed by atoms with Crippen molar-refractivity contribution >= 4 is 29.1 Å². The van der Waals surface area contributed by atoms with Gasteiger partial charge in [-0.25, -0.2) is 0 Å². The SMILES string of the molecule is CC(C)NC(=O)c1ccc(NC(=O)c2cc(Cl)c3c(c2)OCCO3)cc1. The predicted molar refractivity (Wildman–Crippen MR) is 99.4 cm³/mol. The molecule has 7 heteroatoms. The second kappa shape index (κ2) is 7.66. The maximum absolute atomic E-state index is 12.5. The number of hydrogen-bond donors (Lipinski definition) is 2. The van der Waals surface area contributed by atoms with Gasteiger partial charge in [0.2, 0.25) is 0 Å². The zero-order valence-electron chi connectivity index (χ0n) is 14.5. The van der Waals surface area contributed by atoms with Crippen molar-refractivity contribution in [2.75, 3.05) is 18.5 Å². The second-order valence-corrected chi connectivity index (χ2v) is 6.55. The minimum Gasteiger partial charge on any atom is -0.486 e. The van der Waals surface area contributed by atoms with Gasteiger partial charge < -0.3 is 20.1 Å². The van der Waals surface area contributed by atoms with Crippen molar-refractivity contribution in [1.29, 1.82) is 0 Å². The molecule has 0 saturated heterocycles. The van der Waals surface area contributed by atoms with Crippen molar-refractivity contribution in [3.63, 3.8) is 0 Å². The van der Waals surface area contributed by atoms with Crippen LogP contribution in [0.4, 0.5) is 5.69 Å². The van der Waals surface area contributed by atoms with Gasteiger partial charge >= 0.3 is 0 Å². The van der Waals surface area contributed by atoms with Crippen LogP contribution in [0.15, 0.2) is 36.4 Å². The molecule has 0 atom stereocenters. The quantitative estimate of drug-likeness (QED) is 0.858. The highest BCUT2D eigenvalue weighted by atomic mass is 35.5. The summed E-state index contributed by atoms with van der Waals surface area (Å²) >= 11 is 6.16. The number of carbonyl (C=O) groups is 2. The molecule has 2 amide bonds. The number of fused-ring (bicyclic) bond motifs is 1. The van der Waals surface area contributed by atoms with Gasteiger partial charge in [-0.05, 0) is 50.2 Å². The fourth-order valence-electron chi connectivity index (χ4n) is 2.50. The smallest absolute Gasteiger partial charge is 0.255 e. The first-order valence-corrected chi connectivity index (χ1v) is 8.63. The molecule has 1 aliphatic heterocycles. The summed E-state index contributed by atoms with van der Waals surface area (Å²) in [7, 11) is 0. The number of amides is 2. The second-order valence-electron chi connectivity index (χ2n) is 6.14. The Hall–Kier alpha value is -2.73. The van der Waals surface area contributed by atoms with Crippen LogP contribution >= 0.6 is 11.6 Å². The summed E-state index contributed by atoms with van der Waals surface area (Å²) in [5.74, 6) is 0.421. The number of benzene rings is 2. The third kappa shape index (κ3) is 4.08. The van der Waals surface area contributed by atoms with E-state index in [1.807, 2.05) is 13.8 Å². The van der Waals surface area contributed by atoms with E-state index < -0.39 is 0 Å². The highest BCUT2D eigenvalue weighted by Crippen LogP contribution is 2.38. The summed E-state index contributed by atoms with van der Waals surface area (Å²) in [6.45, 7) is 4.62. The topological polar surface area (TPSA) is 76.7 Å². The van der Waals surface area contributed by atoms with E-state index >= 15 is 0 Å². The molecule has 1 heterocycles. The Labute approximate surface area is 156 Å². The van der Waals surface area contributed by atoms with E-state index in [0.717, 1.165) is 0 Å². The summed E-state index contributed by atoms with van der Waals surface area (Å²) in [4.78, 5) is 24.4. The lowest BCUT2D eigenvalue weighted by Crippen LogP contribution is -2.30. The van der Waals surface area contributed by atoms with Gasteiger partial charge in [0.05, 0.1) is 5.02 Å². The van der Waals surface area contributed by atoms with Gasteiger partial charge in [0.25, 0.3) is 11.8 Å². The van der Waals surface area contributed by atoms with Crippen LogP contribution in [-0.4, -0.2) is 31.1 Å². The molecule has 0 radical (unpaired) electrons. The van der Waals surface area contributed by atoms with Crippen LogP contribution in [0.1, 0.15) is 34.6 Å². The van der Waals surface area contributed by atoms with Crippen molar-refractivity contribution in [3.05, 3.63) is 52.5 Å².